The van der Waals surface area contributed by atoms with Gasteiger partial charge < -0.3 is 0 Å². The van der Waals surface area contributed by atoms with E-state index in [9.17, 15) is 4.79 Å². The van der Waals surface area contributed by atoms with Crippen LogP contribution in [0.1, 0.15) is 17.4 Å². The summed E-state index contributed by atoms with van der Waals surface area (Å²) in [5.41, 5.74) is 0.550. The molecule has 2 aromatic rings. The minimum absolute atomic E-state index is 0.0168. The zero-order chi connectivity index (χ0) is 10.1. The molecule has 0 aliphatic rings. The molecule has 0 radical (unpaired) electrons. The van der Waals surface area contributed by atoms with Crippen molar-refractivity contribution in [1.29, 1.82) is 0 Å². The summed E-state index contributed by atoms with van der Waals surface area (Å²) in [6.45, 7) is 1.53. The lowest BCUT2D eigenvalue weighted by molar-refractivity contribution is 0.101. The third kappa shape index (κ3) is 1.94. The van der Waals surface area contributed by atoms with E-state index in [2.05, 4.69) is 20.9 Å². The van der Waals surface area contributed by atoms with E-state index < -0.39 is 0 Å². The highest BCUT2D eigenvalue weighted by Crippen LogP contribution is 2.31. The molecular formula is C9H6BrNOS2. The van der Waals surface area contributed by atoms with Gasteiger partial charge in [0.1, 0.15) is 10.7 Å². The van der Waals surface area contributed by atoms with Crippen LogP contribution < -0.4 is 0 Å². The fourth-order valence-corrected chi connectivity index (χ4v) is 3.34. The number of Topliss-reactive ketones (excluding diaryl/α,β-unsaturated/α-hetero) is 1. The molecule has 0 aliphatic carbocycles. The maximum atomic E-state index is 11.0. The molecule has 72 valence electrons. The molecule has 0 N–H and O–H groups in total. The number of aromatic nitrogens is 1. The topological polar surface area (TPSA) is 30.0 Å². The molecule has 0 aromatic carbocycles. The van der Waals surface area contributed by atoms with Crippen LogP contribution in [0.25, 0.3) is 9.88 Å². The molecule has 0 saturated heterocycles. The van der Waals surface area contributed by atoms with Crippen molar-refractivity contribution in [3.05, 3.63) is 27.0 Å². The molecular weight excluding hydrogens is 282 g/mol. The second-order valence-electron chi connectivity index (χ2n) is 2.72. The molecule has 0 atom stereocenters. The van der Waals surface area contributed by atoms with Crippen LogP contribution in [0, 0.1) is 0 Å². The first-order valence-corrected chi connectivity index (χ1v) is 6.43. The monoisotopic (exact) mass is 287 g/mol. The average Bonchev–Trinajstić information content (AvgIpc) is 2.70. The molecule has 0 amide bonds. The zero-order valence-corrected chi connectivity index (χ0v) is 10.5. The summed E-state index contributed by atoms with van der Waals surface area (Å²) >= 11 is 6.50. The minimum atomic E-state index is 0.0168. The van der Waals surface area contributed by atoms with Gasteiger partial charge in [-0.3, -0.25) is 4.79 Å². The second kappa shape index (κ2) is 3.92. The van der Waals surface area contributed by atoms with Crippen LogP contribution in [0.3, 0.4) is 0 Å². The number of halogens is 1. The van der Waals surface area contributed by atoms with Crippen molar-refractivity contribution in [3.63, 3.8) is 0 Å². The molecule has 2 rings (SSSR count). The Labute approximate surface area is 97.7 Å². The van der Waals surface area contributed by atoms with E-state index >= 15 is 0 Å². The summed E-state index contributed by atoms with van der Waals surface area (Å²) in [5.74, 6) is 0.0168. The van der Waals surface area contributed by atoms with E-state index in [1.165, 1.54) is 18.3 Å². The fraction of sp³-hybridized carbons (Fsp3) is 0.111. The van der Waals surface area contributed by atoms with Gasteiger partial charge in [0.15, 0.2) is 5.78 Å². The Morgan fingerprint density at radius 1 is 1.43 bits per heavy atom. The molecule has 0 bridgehead atoms. The fourth-order valence-electron chi connectivity index (χ4n) is 0.974. The van der Waals surface area contributed by atoms with E-state index in [0.29, 0.717) is 5.69 Å². The number of rotatable bonds is 2. The zero-order valence-electron chi connectivity index (χ0n) is 7.28. The Morgan fingerprint density at radius 3 is 2.71 bits per heavy atom. The number of ketones is 1. The first kappa shape index (κ1) is 10.0. The summed E-state index contributed by atoms with van der Waals surface area (Å²) in [7, 11) is 0. The highest BCUT2D eigenvalue weighted by atomic mass is 79.9. The highest BCUT2D eigenvalue weighted by molar-refractivity contribution is 9.10. The predicted octanol–water partition coefficient (Wildman–Crippen LogP) is 3.84. The molecule has 2 nitrogen and oxygen atoms in total. The molecule has 0 fully saturated rings. The van der Waals surface area contributed by atoms with E-state index in [1.807, 2.05) is 11.4 Å². The third-order valence-corrected chi connectivity index (χ3v) is 4.35. The van der Waals surface area contributed by atoms with Gasteiger partial charge in [0.2, 0.25) is 0 Å². The van der Waals surface area contributed by atoms with Crippen LogP contribution in [-0.4, -0.2) is 10.8 Å². The second-order valence-corrected chi connectivity index (χ2v) is 5.41. The molecule has 0 aliphatic heterocycles. The molecule has 14 heavy (non-hydrogen) atoms. The SMILES string of the molecule is CC(=O)c1csc(-c2cc(Br)cs2)n1. The summed E-state index contributed by atoms with van der Waals surface area (Å²) < 4.78 is 1.05. The number of carbonyl (C=O) groups excluding carboxylic acids is 1. The van der Waals surface area contributed by atoms with Crippen LogP contribution in [0.4, 0.5) is 0 Å². The summed E-state index contributed by atoms with van der Waals surface area (Å²) in [4.78, 5) is 16.4. The Hall–Kier alpha value is -0.520. The first-order chi connectivity index (χ1) is 6.66. The standard InChI is InChI=1S/C9H6BrNOS2/c1-5(12)7-4-14-9(11-7)8-2-6(10)3-13-8/h2-4H,1H3. The van der Waals surface area contributed by atoms with E-state index in [1.54, 1.807) is 16.7 Å². The predicted molar refractivity (Wildman–Crippen MR) is 63.1 cm³/mol. The number of carbonyl (C=O) groups is 1. The van der Waals surface area contributed by atoms with Gasteiger partial charge in [0, 0.05) is 22.2 Å². The van der Waals surface area contributed by atoms with Crippen molar-refractivity contribution < 1.29 is 4.79 Å². The van der Waals surface area contributed by atoms with Crippen LogP contribution >= 0.6 is 38.6 Å². The maximum Gasteiger partial charge on any atom is 0.178 e. The molecule has 0 unspecified atom stereocenters. The highest BCUT2D eigenvalue weighted by Gasteiger charge is 2.09. The van der Waals surface area contributed by atoms with Crippen LogP contribution in [0.15, 0.2) is 21.3 Å². The van der Waals surface area contributed by atoms with Crippen molar-refractivity contribution in [3.8, 4) is 9.88 Å². The van der Waals surface area contributed by atoms with Gasteiger partial charge >= 0.3 is 0 Å². The molecule has 0 spiro atoms. The van der Waals surface area contributed by atoms with E-state index in [4.69, 9.17) is 0 Å². The van der Waals surface area contributed by atoms with Gasteiger partial charge in [-0.15, -0.1) is 22.7 Å². The number of nitrogens with zero attached hydrogens (tertiary/aromatic N) is 1. The number of thiophene rings is 1. The lowest BCUT2D eigenvalue weighted by atomic mass is 10.3. The minimum Gasteiger partial charge on any atom is -0.293 e. The molecule has 2 heterocycles. The Balaban J connectivity index is 2.38. The Morgan fingerprint density at radius 2 is 2.21 bits per heavy atom. The normalized spacial score (nSPS) is 10.4. The van der Waals surface area contributed by atoms with E-state index in [-0.39, 0.29) is 5.78 Å². The summed E-state index contributed by atoms with van der Waals surface area (Å²) in [6, 6.07) is 2.01. The quantitative estimate of drug-likeness (QED) is 0.786. The number of hydrogen-bond acceptors (Lipinski definition) is 4. The average molecular weight is 288 g/mol. The lowest BCUT2D eigenvalue weighted by Crippen LogP contribution is -1.90. The van der Waals surface area contributed by atoms with Gasteiger partial charge in [-0.05, 0) is 22.0 Å². The molecule has 2 aromatic heterocycles. The first-order valence-electron chi connectivity index (χ1n) is 3.87. The van der Waals surface area contributed by atoms with Gasteiger partial charge in [0.25, 0.3) is 0 Å². The van der Waals surface area contributed by atoms with Crippen molar-refractivity contribution in [2.75, 3.05) is 0 Å². The molecule has 5 heteroatoms. The van der Waals surface area contributed by atoms with Gasteiger partial charge in [-0.25, -0.2) is 4.98 Å². The van der Waals surface area contributed by atoms with Gasteiger partial charge in [0.05, 0.1) is 4.88 Å². The van der Waals surface area contributed by atoms with Gasteiger partial charge in [-0.2, -0.15) is 0 Å². The Bertz CT molecular complexity index is 475. The summed E-state index contributed by atoms with van der Waals surface area (Å²) in [5, 5.41) is 4.71. The largest absolute Gasteiger partial charge is 0.293 e. The van der Waals surface area contributed by atoms with Crippen LogP contribution in [-0.2, 0) is 0 Å². The van der Waals surface area contributed by atoms with Crippen molar-refractivity contribution in [1.82, 2.24) is 4.98 Å². The lowest BCUT2D eigenvalue weighted by Gasteiger charge is -1.86. The number of thiazole rings is 1. The van der Waals surface area contributed by atoms with E-state index in [0.717, 1.165) is 14.4 Å². The van der Waals surface area contributed by atoms with Crippen LogP contribution in [0.2, 0.25) is 0 Å². The molecule has 0 saturated carbocycles. The number of hydrogen-bond donors (Lipinski definition) is 0. The van der Waals surface area contributed by atoms with Crippen molar-refractivity contribution in [2.45, 2.75) is 6.92 Å². The third-order valence-electron chi connectivity index (χ3n) is 1.64. The Kier molecular flexibility index (Phi) is 2.80. The maximum absolute atomic E-state index is 11.0. The smallest absolute Gasteiger partial charge is 0.178 e. The van der Waals surface area contributed by atoms with Crippen molar-refractivity contribution >= 4 is 44.4 Å². The van der Waals surface area contributed by atoms with Gasteiger partial charge in [-0.1, -0.05) is 0 Å². The van der Waals surface area contributed by atoms with Crippen LogP contribution in [0.5, 0.6) is 0 Å². The summed E-state index contributed by atoms with van der Waals surface area (Å²) in [6.07, 6.45) is 0. The van der Waals surface area contributed by atoms with Crippen molar-refractivity contribution in [2.24, 2.45) is 0 Å².